The first kappa shape index (κ1) is 34.6. The van der Waals surface area contributed by atoms with Crippen molar-refractivity contribution in [3.05, 3.63) is 79.1 Å². The van der Waals surface area contributed by atoms with Crippen molar-refractivity contribution in [2.24, 2.45) is 0 Å². The predicted molar refractivity (Wildman–Crippen MR) is 152 cm³/mol. The van der Waals surface area contributed by atoms with Crippen LogP contribution in [-0.4, -0.2) is 38.6 Å². The number of hydrogen-bond donors (Lipinski definition) is 4. The molecule has 0 saturated heterocycles. The van der Waals surface area contributed by atoms with Crippen molar-refractivity contribution in [2.75, 3.05) is 0 Å². The van der Waals surface area contributed by atoms with Gasteiger partial charge in [0.05, 0.1) is 21.2 Å². The van der Waals surface area contributed by atoms with Gasteiger partial charge < -0.3 is 26.3 Å². The summed E-state index contributed by atoms with van der Waals surface area (Å²) in [4.78, 5) is 24.1. The van der Waals surface area contributed by atoms with E-state index in [0.29, 0.717) is 44.1 Å². The van der Waals surface area contributed by atoms with E-state index in [4.69, 9.17) is 46.4 Å². The van der Waals surface area contributed by atoms with Crippen LogP contribution in [0.5, 0.6) is 0 Å². The van der Waals surface area contributed by atoms with Gasteiger partial charge in [-0.05, 0) is 52.0 Å². The van der Waals surface area contributed by atoms with E-state index in [-0.39, 0.29) is 72.4 Å². The molecule has 0 saturated carbocycles. The van der Waals surface area contributed by atoms with Crippen LogP contribution in [0, 0.1) is 0 Å². The van der Waals surface area contributed by atoms with Crippen molar-refractivity contribution >= 4 is 69.4 Å². The molecule has 2 aromatic rings. The summed E-state index contributed by atoms with van der Waals surface area (Å²) in [7, 11) is 0. The van der Waals surface area contributed by atoms with E-state index in [1.165, 1.54) is 0 Å². The molecule has 0 bridgehead atoms. The number of carbonyl (C=O) groups is 2. The Hall–Kier alpha value is -1.42. The first-order chi connectivity index (χ1) is 16.6. The SMILES string of the molecule is CC1(C)CC(O)=C(c2ccc(Cl)cc2Cl)C(=O)N1.CC1(C)CC(O)=C(c2ccc(Cl)cc2Cl)C(=O)N1.[HH].[HH].[Na+].[OH-]. The van der Waals surface area contributed by atoms with E-state index in [9.17, 15) is 19.8 Å². The van der Waals surface area contributed by atoms with Crippen LogP contribution in [0.4, 0.5) is 0 Å². The summed E-state index contributed by atoms with van der Waals surface area (Å²) in [5, 5.41) is 27.4. The second-order valence-electron chi connectivity index (χ2n) is 9.92. The standard InChI is InChI=1S/2C13H13Cl2NO2.Na.H2O.2H2/c2*1-13(2)6-10(17)11(12(18)16-13)8-4-3-7(14)5-9(8)15;;;;/h2*3-5,17H,6H2,1-2H3,(H,16,18);;1H2;2*1H/q;;+1;;;/p-1. The van der Waals surface area contributed by atoms with Crippen LogP contribution >= 0.6 is 46.4 Å². The Morgan fingerprint density at radius 1 is 0.711 bits per heavy atom. The Morgan fingerprint density at radius 2 is 1.03 bits per heavy atom. The molecule has 0 unspecified atom stereocenters. The van der Waals surface area contributed by atoms with Gasteiger partial charge in [-0.1, -0.05) is 58.5 Å². The molecular weight excluding hydrogens is 585 g/mol. The molecule has 5 N–H and O–H groups in total. The van der Waals surface area contributed by atoms with Gasteiger partial charge in [-0.25, -0.2) is 0 Å². The van der Waals surface area contributed by atoms with Crippen molar-refractivity contribution in [3.63, 3.8) is 0 Å². The number of halogens is 4. The maximum atomic E-state index is 12.0. The van der Waals surface area contributed by atoms with Gasteiger partial charge in [0.1, 0.15) is 11.5 Å². The van der Waals surface area contributed by atoms with Crippen LogP contribution in [0.25, 0.3) is 11.1 Å². The van der Waals surface area contributed by atoms with Crippen LogP contribution in [0.15, 0.2) is 47.9 Å². The summed E-state index contributed by atoms with van der Waals surface area (Å²) in [5.74, 6) is -0.554. The monoisotopic (exact) mass is 614 g/mol. The Kier molecular flexibility index (Phi) is 12.1. The van der Waals surface area contributed by atoms with Crippen LogP contribution in [-0.2, 0) is 9.59 Å². The van der Waals surface area contributed by atoms with Gasteiger partial charge in [-0.3, -0.25) is 9.59 Å². The summed E-state index contributed by atoms with van der Waals surface area (Å²) in [6.07, 6.45) is 0.736. The molecule has 0 spiro atoms. The van der Waals surface area contributed by atoms with Crippen LogP contribution in [0.3, 0.4) is 0 Å². The Labute approximate surface area is 266 Å². The number of aliphatic hydroxyl groups is 2. The van der Waals surface area contributed by atoms with Gasteiger partial charge in [0.15, 0.2) is 0 Å². The van der Waals surface area contributed by atoms with E-state index < -0.39 is 11.1 Å². The maximum absolute atomic E-state index is 12.0. The first-order valence-electron chi connectivity index (χ1n) is 11.0. The zero-order chi connectivity index (χ0) is 27.0. The van der Waals surface area contributed by atoms with E-state index >= 15 is 0 Å². The summed E-state index contributed by atoms with van der Waals surface area (Å²) >= 11 is 23.7. The molecule has 7 nitrogen and oxygen atoms in total. The number of hydrogen-bond acceptors (Lipinski definition) is 5. The average molecular weight is 616 g/mol. The van der Waals surface area contributed by atoms with Crippen molar-refractivity contribution in [1.82, 2.24) is 10.6 Å². The molecule has 0 radical (unpaired) electrons. The van der Waals surface area contributed by atoms with E-state index in [2.05, 4.69) is 10.6 Å². The Balaban J connectivity index is 0. The van der Waals surface area contributed by atoms with Gasteiger partial charge >= 0.3 is 29.6 Å². The minimum absolute atomic E-state index is 0. The predicted octanol–water partition coefficient (Wildman–Crippen LogP) is 4.44. The second-order valence-corrected chi connectivity index (χ2v) is 11.6. The fourth-order valence-corrected chi connectivity index (χ4v) is 5.05. The number of amides is 2. The van der Waals surface area contributed by atoms with Gasteiger partial charge in [-0.15, -0.1) is 0 Å². The number of benzene rings is 2. The normalized spacial score (nSPS) is 17.8. The summed E-state index contributed by atoms with van der Waals surface area (Å²) < 4.78 is 0. The smallest absolute Gasteiger partial charge is 0.870 e. The molecule has 2 heterocycles. The zero-order valence-corrected chi connectivity index (χ0v) is 26.6. The molecule has 0 atom stereocenters. The summed E-state index contributed by atoms with van der Waals surface area (Å²) in [6.45, 7) is 7.39. The fourth-order valence-electron chi connectivity index (χ4n) is 4.04. The van der Waals surface area contributed by atoms with Gasteiger partial charge in [0.2, 0.25) is 0 Å². The Bertz CT molecular complexity index is 1220. The average Bonchev–Trinajstić information content (AvgIpc) is 2.69. The van der Waals surface area contributed by atoms with Crippen LogP contribution in [0.2, 0.25) is 20.1 Å². The van der Waals surface area contributed by atoms with Gasteiger partial charge in [0.25, 0.3) is 11.8 Å². The number of rotatable bonds is 2. The molecule has 12 heteroatoms. The number of nitrogens with one attached hydrogen (secondary N) is 2. The second kappa shape index (κ2) is 13.3. The molecular formula is C26H31Cl4N2NaO5. The molecule has 4 rings (SSSR count). The molecule has 204 valence electrons. The maximum Gasteiger partial charge on any atom is 1.00 e. The van der Waals surface area contributed by atoms with Crippen molar-refractivity contribution in [1.29, 1.82) is 0 Å². The third-order valence-corrected chi connectivity index (χ3v) is 6.65. The van der Waals surface area contributed by atoms with E-state index in [0.717, 1.165) is 0 Å². The minimum atomic E-state index is -0.455. The summed E-state index contributed by atoms with van der Waals surface area (Å²) in [6, 6.07) is 9.63. The largest absolute Gasteiger partial charge is 1.00 e. The molecule has 2 aromatic carbocycles. The van der Waals surface area contributed by atoms with Crippen LogP contribution < -0.4 is 40.2 Å². The molecule has 38 heavy (non-hydrogen) atoms. The topological polar surface area (TPSA) is 129 Å². The quantitative estimate of drug-likeness (QED) is 0.371. The minimum Gasteiger partial charge on any atom is -0.870 e. The van der Waals surface area contributed by atoms with Gasteiger partial charge in [0, 0.05) is 47.9 Å². The fraction of sp³-hybridized carbons (Fsp3) is 0.308. The van der Waals surface area contributed by atoms with E-state index in [1.807, 2.05) is 27.7 Å². The molecule has 2 aliphatic rings. The number of aliphatic hydroxyl groups excluding tert-OH is 2. The number of carbonyl (C=O) groups excluding carboxylic acids is 2. The zero-order valence-electron chi connectivity index (χ0n) is 21.5. The molecule has 0 aromatic heterocycles. The Morgan fingerprint density at radius 3 is 1.29 bits per heavy atom. The van der Waals surface area contributed by atoms with Crippen molar-refractivity contribution in [2.45, 2.75) is 51.6 Å². The molecule has 2 amide bonds. The molecule has 0 aliphatic carbocycles. The van der Waals surface area contributed by atoms with Gasteiger partial charge in [-0.2, -0.15) is 0 Å². The van der Waals surface area contributed by atoms with Crippen LogP contribution in [0.1, 0.15) is 54.5 Å². The van der Waals surface area contributed by atoms with E-state index in [1.54, 1.807) is 36.4 Å². The van der Waals surface area contributed by atoms with Crippen molar-refractivity contribution < 1.29 is 57.7 Å². The third kappa shape index (κ3) is 8.29. The third-order valence-electron chi connectivity index (χ3n) is 5.55. The molecule has 2 aliphatic heterocycles. The summed E-state index contributed by atoms with van der Waals surface area (Å²) in [5.41, 5.74) is 0.512. The van der Waals surface area contributed by atoms with Crippen molar-refractivity contribution in [3.8, 4) is 0 Å². The first-order valence-corrected chi connectivity index (χ1v) is 12.5. The molecule has 0 fully saturated rings.